The summed E-state index contributed by atoms with van der Waals surface area (Å²) in [4.78, 5) is 18.8. The number of amides is 1. The van der Waals surface area contributed by atoms with E-state index in [0.717, 1.165) is 37.6 Å². The van der Waals surface area contributed by atoms with E-state index in [2.05, 4.69) is 65.0 Å². The third-order valence-corrected chi connectivity index (χ3v) is 5.61. The molecular weight excluding hydrogens is 402 g/mol. The molecule has 7 heteroatoms. The van der Waals surface area contributed by atoms with Crippen molar-refractivity contribution in [1.29, 1.82) is 0 Å². The maximum absolute atomic E-state index is 11.5. The number of ether oxygens (including phenoxy) is 1. The first-order valence-electron chi connectivity index (χ1n) is 11.3. The lowest BCUT2D eigenvalue weighted by molar-refractivity contribution is -0.114. The molecule has 0 radical (unpaired) electrons. The van der Waals surface area contributed by atoms with Crippen molar-refractivity contribution in [2.45, 2.75) is 52.4 Å². The predicted molar refractivity (Wildman–Crippen MR) is 130 cm³/mol. The van der Waals surface area contributed by atoms with Gasteiger partial charge in [-0.2, -0.15) is 0 Å². The quantitative estimate of drug-likeness (QED) is 0.436. The van der Waals surface area contributed by atoms with Gasteiger partial charge in [-0.05, 0) is 43.5 Å². The van der Waals surface area contributed by atoms with Crippen LogP contribution in [0.5, 0.6) is 5.75 Å². The minimum Gasteiger partial charge on any atom is -0.495 e. The molecule has 172 valence electrons. The Morgan fingerprint density at radius 3 is 2.66 bits per heavy atom. The molecule has 2 atom stereocenters. The molecule has 1 amide bonds. The van der Waals surface area contributed by atoms with Crippen LogP contribution < -0.4 is 20.7 Å². The minimum absolute atomic E-state index is 0.130. The Balaban J connectivity index is 1.63. The molecular formula is C25H35N5O2. The Bertz CT molecular complexity index is 916. The zero-order valence-corrected chi connectivity index (χ0v) is 19.5. The normalized spacial score (nSPS) is 18.9. The van der Waals surface area contributed by atoms with Crippen molar-refractivity contribution in [1.82, 2.24) is 15.5 Å². The van der Waals surface area contributed by atoms with Crippen molar-refractivity contribution in [3.63, 3.8) is 0 Å². The maximum atomic E-state index is 11.5. The smallest absolute Gasteiger partial charge is 0.221 e. The number of nitrogens with zero attached hydrogens (tertiary/aromatic N) is 2. The van der Waals surface area contributed by atoms with E-state index in [1.165, 1.54) is 12.5 Å². The van der Waals surface area contributed by atoms with Gasteiger partial charge in [-0.1, -0.05) is 36.4 Å². The van der Waals surface area contributed by atoms with Crippen LogP contribution in [0.3, 0.4) is 0 Å². The monoisotopic (exact) mass is 437 g/mol. The molecule has 1 fully saturated rings. The first-order valence-corrected chi connectivity index (χ1v) is 11.3. The fraction of sp³-hybridized carbons (Fsp3) is 0.440. The van der Waals surface area contributed by atoms with Crippen LogP contribution in [-0.2, 0) is 17.9 Å². The molecule has 1 aliphatic heterocycles. The molecule has 1 aliphatic rings. The highest BCUT2D eigenvalue weighted by Crippen LogP contribution is 2.26. The lowest BCUT2D eigenvalue weighted by Gasteiger charge is -2.21. The van der Waals surface area contributed by atoms with Gasteiger partial charge in [0.1, 0.15) is 5.75 Å². The highest BCUT2D eigenvalue weighted by molar-refractivity contribution is 5.90. The van der Waals surface area contributed by atoms with Gasteiger partial charge in [-0.3, -0.25) is 9.69 Å². The van der Waals surface area contributed by atoms with E-state index in [4.69, 9.17) is 9.73 Å². The van der Waals surface area contributed by atoms with Gasteiger partial charge in [0.05, 0.1) is 19.3 Å². The van der Waals surface area contributed by atoms with Gasteiger partial charge in [-0.15, -0.1) is 0 Å². The molecule has 7 nitrogen and oxygen atoms in total. The van der Waals surface area contributed by atoms with E-state index in [9.17, 15) is 4.79 Å². The fourth-order valence-corrected chi connectivity index (χ4v) is 4.07. The SMILES string of the molecule is CCNC(=NCc1ccc(OC)c(NC(C)=O)c1)NC1CC(C)N(Cc2ccccc2)C1. The van der Waals surface area contributed by atoms with Crippen LogP contribution in [0.1, 0.15) is 38.3 Å². The Labute approximate surface area is 191 Å². The van der Waals surface area contributed by atoms with E-state index in [0.29, 0.717) is 30.1 Å². The fourth-order valence-electron chi connectivity index (χ4n) is 4.07. The maximum Gasteiger partial charge on any atom is 0.221 e. The number of carbonyl (C=O) groups excluding carboxylic acids is 1. The number of hydrogen-bond acceptors (Lipinski definition) is 4. The molecule has 0 aliphatic carbocycles. The molecule has 0 spiro atoms. The number of aliphatic imine (C=N–C) groups is 1. The number of benzene rings is 2. The second kappa shape index (κ2) is 11.5. The zero-order chi connectivity index (χ0) is 22.9. The summed E-state index contributed by atoms with van der Waals surface area (Å²) in [6.45, 7) is 9.08. The topological polar surface area (TPSA) is 78.0 Å². The van der Waals surface area contributed by atoms with Crippen LogP contribution in [0.15, 0.2) is 53.5 Å². The molecule has 0 aromatic heterocycles. The molecule has 32 heavy (non-hydrogen) atoms. The summed E-state index contributed by atoms with van der Waals surface area (Å²) in [7, 11) is 1.59. The minimum atomic E-state index is -0.130. The largest absolute Gasteiger partial charge is 0.495 e. The number of methoxy groups -OCH3 is 1. The number of rotatable bonds is 8. The van der Waals surface area contributed by atoms with Gasteiger partial charge in [0.15, 0.2) is 5.96 Å². The van der Waals surface area contributed by atoms with Crippen molar-refractivity contribution >= 4 is 17.6 Å². The van der Waals surface area contributed by atoms with Crippen molar-refractivity contribution in [2.75, 3.05) is 25.5 Å². The van der Waals surface area contributed by atoms with Crippen molar-refractivity contribution in [3.05, 3.63) is 59.7 Å². The molecule has 2 aromatic carbocycles. The van der Waals surface area contributed by atoms with Crippen LogP contribution in [0.2, 0.25) is 0 Å². The number of guanidine groups is 1. The van der Waals surface area contributed by atoms with Crippen molar-refractivity contribution < 1.29 is 9.53 Å². The van der Waals surface area contributed by atoms with E-state index in [-0.39, 0.29) is 5.91 Å². The zero-order valence-electron chi connectivity index (χ0n) is 19.5. The predicted octanol–water partition coefficient (Wildman–Crippen LogP) is 3.37. The molecule has 0 bridgehead atoms. The summed E-state index contributed by atoms with van der Waals surface area (Å²) in [6, 6.07) is 17.2. The first-order chi connectivity index (χ1) is 15.5. The third kappa shape index (κ3) is 6.72. The lowest BCUT2D eigenvalue weighted by Crippen LogP contribution is -2.44. The number of likely N-dealkylation sites (tertiary alicyclic amines) is 1. The van der Waals surface area contributed by atoms with Crippen LogP contribution in [0, 0.1) is 0 Å². The molecule has 3 rings (SSSR count). The number of nitrogens with one attached hydrogen (secondary N) is 3. The van der Waals surface area contributed by atoms with Gasteiger partial charge in [0, 0.05) is 38.6 Å². The summed E-state index contributed by atoms with van der Waals surface area (Å²) < 4.78 is 5.34. The summed E-state index contributed by atoms with van der Waals surface area (Å²) in [5, 5.41) is 9.78. The molecule has 0 saturated carbocycles. The highest BCUT2D eigenvalue weighted by Gasteiger charge is 2.29. The summed E-state index contributed by atoms with van der Waals surface area (Å²) in [5.74, 6) is 1.31. The number of anilines is 1. The van der Waals surface area contributed by atoms with Gasteiger partial charge in [0.2, 0.25) is 5.91 Å². The molecule has 3 N–H and O–H groups in total. The third-order valence-electron chi connectivity index (χ3n) is 5.61. The van der Waals surface area contributed by atoms with Gasteiger partial charge >= 0.3 is 0 Å². The molecule has 1 saturated heterocycles. The van der Waals surface area contributed by atoms with Crippen LogP contribution in [0.4, 0.5) is 5.69 Å². The summed E-state index contributed by atoms with van der Waals surface area (Å²) in [6.07, 6.45) is 1.08. The lowest BCUT2D eigenvalue weighted by atomic mass is 10.2. The average Bonchev–Trinajstić information content (AvgIpc) is 3.11. The van der Waals surface area contributed by atoms with Crippen LogP contribution >= 0.6 is 0 Å². The van der Waals surface area contributed by atoms with Crippen molar-refractivity contribution in [3.8, 4) is 5.75 Å². The van der Waals surface area contributed by atoms with Crippen LogP contribution in [0.25, 0.3) is 0 Å². The molecule has 1 heterocycles. The highest BCUT2D eigenvalue weighted by atomic mass is 16.5. The van der Waals surface area contributed by atoms with Gasteiger partial charge in [0.25, 0.3) is 0 Å². The Kier molecular flexibility index (Phi) is 8.50. The molecule has 2 aromatic rings. The molecule has 2 unspecified atom stereocenters. The Hall–Kier alpha value is -3.06. The van der Waals surface area contributed by atoms with E-state index >= 15 is 0 Å². The van der Waals surface area contributed by atoms with Crippen molar-refractivity contribution in [2.24, 2.45) is 4.99 Å². The average molecular weight is 438 g/mol. The summed E-state index contributed by atoms with van der Waals surface area (Å²) >= 11 is 0. The first kappa shape index (κ1) is 23.6. The van der Waals surface area contributed by atoms with E-state index in [1.54, 1.807) is 7.11 Å². The van der Waals surface area contributed by atoms with E-state index in [1.807, 2.05) is 18.2 Å². The second-order valence-electron chi connectivity index (χ2n) is 8.25. The Morgan fingerprint density at radius 1 is 1.19 bits per heavy atom. The number of carbonyl (C=O) groups is 1. The van der Waals surface area contributed by atoms with Gasteiger partial charge in [-0.25, -0.2) is 4.99 Å². The van der Waals surface area contributed by atoms with Crippen LogP contribution in [-0.4, -0.2) is 49.0 Å². The standard InChI is InChI=1S/C25H35N5O2/c1-5-26-25(27-15-21-11-12-24(32-4)23(14-21)28-19(3)31)29-22-13-18(2)30(17-22)16-20-9-7-6-8-10-20/h6-12,14,18,22H,5,13,15-17H2,1-4H3,(H,28,31)(H2,26,27,29). The Morgan fingerprint density at radius 2 is 1.97 bits per heavy atom. The summed E-state index contributed by atoms with van der Waals surface area (Å²) in [5.41, 5.74) is 3.00. The number of hydrogen-bond donors (Lipinski definition) is 3. The second-order valence-corrected chi connectivity index (χ2v) is 8.25. The van der Waals surface area contributed by atoms with Gasteiger partial charge < -0.3 is 20.7 Å². The van der Waals surface area contributed by atoms with E-state index < -0.39 is 0 Å².